The fraction of sp³-hybridized carbons (Fsp3) is 0.417. The zero-order valence-electron chi connectivity index (χ0n) is 18.3. The highest BCUT2D eigenvalue weighted by Gasteiger charge is 2.45. The maximum absolute atomic E-state index is 12.6. The van der Waals surface area contributed by atoms with E-state index in [1.807, 2.05) is 65.0 Å². The molecule has 0 bridgehead atoms. The van der Waals surface area contributed by atoms with E-state index < -0.39 is 17.4 Å². The quantitative estimate of drug-likeness (QED) is 0.500. The molecule has 0 aromatic heterocycles. The molecule has 0 saturated carbocycles. The largest absolute Gasteiger partial charge is 0.444 e. The molecule has 6 heteroatoms. The topological polar surface area (TPSA) is 60.4 Å². The van der Waals surface area contributed by atoms with E-state index in [0.29, 0.717) is 13.2 Å². The summed E-state index contributed by atoms with van der Waals surface area (Å²) in [6.07, 6.45) is 1.16. The van der Waals surface area contributed by atoms with E-state index in [1.165, 1.54) is 5.56 Å². The van der Waals surface area contributed by atoms with Gasteiger partial charge in [0.1, 0.15) is 24.0 Å². The smallest absolute Gasteiger partial charge is 0.413 e. The number of hydrogen-bond donors (Lipinski definition) is 0. The Balaban J connectivity index is 1.57. The molecule has 1 heterocycles. The molecule has 30 heavy (non-hydrogen) atoms. The maximum Gasteiger partial charge on any atom is 0.413 e. The number of amides is 1. The third-order valence-electron chi connectivity index (χ3n) is 4.71. The van der Waals surface area contributed by atoms with Crippen LogP contribution in [-0.4, -0.2) is 41.2 Å². The van der Waals surface area contributed by atoms with Gasteiger partial charge in [0.25, 0.3) is 0 Å². The molecular formula is C24H30N2O4. The summed E-state index contributed by atoms with van der Waals surface area (Å²) in [6, 6.07) is 18.0. The average molecular weight is 411 g/mol. The predicted octanol–water partition coefficient (Wildman–Crippen LogP) is 5.23. The summed E-state index contributed by atoms with van der Waals surface area (Å²) in [6.45, 7) is 9.86. The summed E-state index contributed by atoms with van der Waals surface area (Å²) in [5.74, 6) is 0. The molecule has 0 radical (unpaired) electrons. The standard InChI is InChI=1S/C24H30N2O4/c1-23(2,3)30-22(27)26-21(17-28-24(26,4)5)15-25-29-16-18-11-13-20(14-12-18)19-9-7-6-8-10-19/h6-15,21H,16-17H2,1-5H3/b25-15+. The van der Waals surface area contributed by atoms with Gasteiger partial charge in [0.2, 0.25) is 0 Å². The third kappa shape index (κ3) is 5.60. The molecule has 1 aliphatic rings. The highest BCUT2D eigenvalue weighted by molar-refractivity contribution is 5.77. The van der Waals surface area contributed by atoms with Crippen LogP contribution in [0.5, 0.6) is 0 Å². The Kier molecular flexibility index (Phi) is 6.46. The molecule has 2 aromatic carbocycles. The van der Waals surface area contributed by atoms with E-state index >= 15 is 0 Å². The predicted molar refractivity (Wildman–Crippen MR) is 117 cm³/mol. The normalized spacial score (nSPS) is 18.6. The Morgan fingerprint density at radius 1 is 1.13 bits per heavy atom. The van der Waals surface area contributed by atoms with Crippen molar-refractivity contribution in [1.29, 1.82) is 0 Å². The van der Waals surface area contributed by atoms with Crippen molar-refractivity contribution < 1.29 is 19.1 Å². The summed E-state index contributed by atoms with van der Waals surface area (Å²) in [5, 5.41) is 4.07. The average Bonchev–Trinajstić information content (AvgIpc) is 2.99. The molecule has 3 rings (SSSR count). The number of carbonyl (C=O) groups excluding carboxylic acids is 1. The zero-order valence-corrected chi connectivity index (χ0v) is 18.3. The monoisotopic (exact) mass is 410 g/mol. The Morgan fingerprint density at radius 2 is 1.77 bits per heavy atom. The van der Waals surface area contributed by atoms with Gasteiger partial charge in [-0.2, -0.15) is 0 Å². The van der Waals surface area contributed by atoms with E-state index in [-0.39, 0.29) is 6.04 Å². The SMILES string of the molecule is CC(C)(C)OC(=O)N1C(/C=N/OCc2ccc(-c3ccccc3)cc2)COC1(C)C. The van der Waals surface area contributed by atoms with Gasteiger partial charge in [-0.3, -0.25) is 4.90 Å². The van der Waals surface area contributed by atoms with Crippen molar-refractivity contribution in [2.75, 3.05) is 6.61 Å². The van der Waals surface area contributed by atoms with Gasteiger partial charge in [0, 0.05) is 0 Å². The van der Waals surface area contributed by atoms with Gasteiger partial charge in [0.15, 0.2) is 0 Å². The number of carbonyl (C=O) groups is 1. The number of oxime groups is 1. The molecule has 1 aliphatic heterocycles. The molecule has 2 aromatic rings. The summed E-state index contributed by atoms with van der Waals surface area (Å²) < 4.78 is 11.3. The van der Waals surface area contributed by atoms with Gasteiger partial charge in [-0.1, -0.05) is 59.8 Å². The zero-order chi connectivity index (χ0) is 21.8. The summed E-state index contributed by atoms with van der Waals surface area (Å²) in [5.41, 5.74) is 1.99. The molecule has 1 unspecified atom stereocenters. The van der Waals surface area contributed by atoms with Gasteiger partial charge >= 0.3 is 6.09 Å². The van der Waals surface area contributed by atoms with Crippen LogP contribution in [0.2, 0.25) is 0 Å². The first-order chi connectivity index (χ1) is 14.2. The molecule has 6 nitrogen and oxygen atoms in total. The van der Waals surface area contributed by atoms with Crippen molar-refractivity contribution in [1.82, 2.24) is 4.90 Å². The minimum absolute atomic E-state index is 0.338. The van der Waals surface area contributed by atoms with E-state index in [4.69, 9.17) is 14.3 Å². The number of nitrogens with zero attached hydrogens (tertiary/aromatic N) is 2. The van der Waals surface area contributed by atoms with Crippen LogP contribution in [0.1, 0.15) is 40.2 Å². The van der Waals surface area contributed by atoms with Crippen molar-refractivity contribution in [2.24, 2.45) is 5.16 Å². The molecule has 0 aliphatic carbocycles. The highest BCUT2D eigenvalue weighted by atomic mass is 16.6. The maximum atomic E-state index is 12.6. The lowest BCUT2D eigenvalue weighted by Crippen LogP contribution is -2.50. The summed E-state index contributed by atoms with van der Waals surface area (Å²) >= 11 is 0. The third-order valence-corrected chi connectivity index (χ3v) is 4.71. The Morgan fingerprint density at radius 3 is 2.40 bits per heavy atom. The molecule has 0 N–H and O–H groups in total. The van der Waals surface area contributed by atoms with Gasteiger partial charge in [-0.25, -0.2) is 4.79 Å². The number of benzene rings is 2. The molecular weight excluding hydrogens is 380 g/mol. The van der Waals surface area contributed by atoms with Crippen LogP contribution in [0.3, 0.4) is 0 Å². The molecule has 1 amide bonds. The fourth-order valence-electron chi connectivity index (χ4n) is 3.26. The van der Waals surface area contributed by atoms with Crippen LogP contribution in [-0.2, 0) is 20.9 Å². The van der Waals surface area contributed by atoms with Crippen molar-refractivity contribution in [3.05, 3.63) is 60.2 Å². The van der Waals surface area contributed by atoms with Gasteiger partial charge in [0.05, 0.1) is 12.8 Å². The van der Waals surface area contributed by atoms with Crippen LogP contribution < -0.4 is 0 Å². The Hall–Kier alpha value is -2.86. The number of hydrogen-bond acceptors (Lipinski definition) is 5. The first-order valence-corrected chi connectivity index (χ1v) is 10.1. The van der Waals surface area contributed by atoms with E-state index in [0.717, 1.165) is 11.1 Å². The van der Waals surface area contributed by atoms with Crippen LogP contribution in [0, 0.1) is 0 Å². The molecule has 0 spiro atoms. The molecule has 1 atom stereocenters. The molecule has 160 valence electrons. The van der Waals surface area contributed by atoms with E-state index in [2.05, 4.69) is 29.4 Å². The Bertz CT molecular complexity index is 870. The van der Waals surface area contributed by atoms with Gasteiger partial charge in [-0.05, 0) is 51.3 Å². The fourth-order valence-corrected chi connectivity index (χ4v) is 3.26. The van der Waals surface area contributed by atoms with Crippen LogP contribution >= 0.6 is 0 Å². The number of rotatable bonds is 5. The lowest BCUT2D eigenvalue weighted by Gasteiger charge is -2.33. The second-order valence-corrected chi connectivity index (χ2v) is 8.77. The van der Waals surface area contributed by atoms with E-state index in [1.54, 1.807) is 11.1 Å². The van der Waals surface area contributed by atoms with Crippen molar-refractivity contribution in [3.63, 3.8) is 0 Å². The van der Waals surface area contributed by atoms with Crippen molar-refractivity contribution in [2.45, 2.75) is 58.6 Å². The van der Waals surface area contributed by atoms with Crippen LogP contribution in [0.4, 0.5) is 4.79 Å². The molecule has 1 saturated heterocycles. The minimum atomic E-state index is -0.772. The minimum Gasteiger partial charge on any atom is -0.444 e. The highest BCUT2D eigenvalue weighted by Crippen LogP contribution is 2.28. The summed E-state index contributed by atoms with van der Waals surface area (Å²) in [4.78, 5) is 19.6. The van der Waals surface area contributed by atoms with E-state index in [9.17, 15) is 4.79 Å². The van der Waals surface area contributed by atoms with Gasteiger partial charge in [-0.15, -0.1) is 0 Å². The lowest BCUT2D eigenvalue weighted by atomic mass is 10.0. The summed E-state index contributed by atoms with van der Waals surface area (Å²) in [7, 11) is 0. The Labute approximate surface area is 178 Å². The first kappa shape index (κ1) is 21.8. The second kappa shape index (κ2) is 8.88. The second-order valence-electron chi connectivity index (χ2n) is 8.77. The first-order valence-electron chi connectivity index (χ1n) is 10.1. The van der Waals surface area contributed by atoms with Crippen molar-refractivity contribution in [3.8, 4) is 11.1 Å². The van der Waals surface area contributed by atoms with Crippen molar-refractivity contribution >= 4 is 12.3 Å². The van der Waals surface area contributed by atoms with Crippen LogP contribution in [0.15, 0.2) is 59.8 Å². The lowest BCUT2D eigenvalue weighted by molar-refractivity contribution is -0.0605. The number of ether oxygens (including phenoxy) is 2. The molecule has 1 fully saturated rings. The van der Waals surface area contributed by atoms with Gasteiger partial charge < -0.3 is 14.3 Å². The van der Waals surface area contributed by atoms with Crippen LogP contribution in [0.25, 0.3) is 11.1 Å².